The number of nitrogens with one attached hydrogen (secondary N) is 1. The first kappa shape index (κ1) is 19.3. The Labute approximate surface area is 169 Å². The van der Waals surface area contributed by atoms with Crippen molar-refractivity contribution in [3.63, 3.8) is 0 Å². The second-order valence-electron chi connectivity index (χ2n) is 6.42. The van der Waals surface area contributed by atoms with Crippen LogP contribution >= 0.6 is 11.6 Å². The van der Waals surface area contributed by atoms with Crippen LogP contribution in [0.1, 0.15) is 24.7 Å². The number of anilines is 1. The van der Waals surface area contributed by atoms with Crippen molar-refractivity contribution >= 4 is 23.4 Å². The largest absolute Gasteiger partial charge is 0.465 e. The molecule has 4 rings (SSSR count). The van der Waals surface area contributed by atoms with E-state index in [9.17, 15) is 4.79 Å². The summed E-state index contributed by atoms with van der Waals surface area (Å²) in [6, 6.07) is 5.94. The number of aromatic nitrogens is 3. The molecule has 1 aliphatic heterocycles. The molecule has 3 aromatic rings. The zero-order valence-electron chi connectivity index (χ0n) is 15.1. The van der Waals surface area contributed by atoms with Gasteiger partial charge in [0, 0.05) is 30.9 Å². The van der Waals surface area contributed by atoms with Crippen molar-refractivity contribution in [3.8, 4) is 22.7 Å². The van der Waals surface area contributed by atoms with Crippen molar-refractivity contribution in [1.29, 1.82) is 0 Å². The third-order valence-corrected chi connectivity index (χ3v) is 4.75. The van der Waals surface area contributed by atoms with E-state index in [2.05, 4.69) is 15.0 Å². The average Bonchev–Trinajstić information content (AvgIpc) is 3.15. The molecule has 2 N–H and O–H groups in total. The lowest BCUT2D eigenvalue weighted by molar-refractivity contribution is 0.0796. The maximum atomic E-state index is 15.1. The number of hydrogen-bond acceptors (Lipinski definition) is 6. The standard InChI is InChI=1S/C19H16ClFN4O4/c20-18-22-7-4-13(23-18)16-15(25-17(29-16)10-5-8-28-9-6-10)11-2-1-3-12(14(11)21)24-19(26)27/h1-4,7,10,24H,5-6,8-9H2,(H,26,27). The minimum absolute atomic E-state index is 0.0132. The number of halogens is 2. The first-order valence-corrected chi connectivity index (χ1v) is 9.27. The van der Waals surface area contributed by atoms with Gasteiger partial charge in [-0.15, -0.1) is 0 Å². The summed E-state index contributed by atoms with van der Waals surface area (Å²) in [5, 5.41) is 11.0. The van der Waals surface area contributed by atoms with Crippen molar-refractivity contribution in [1.82, 2.24) is 15.0 Å². The van der Waals surface area contributed by atoms with Crippen LogP contribution in [0.15, 0.2) is 34.9 Å². The fourth-order valence-electron chi connectivity index (χ4n) is 3.20. The molecule has 0 radical (unpaired) electrons. The van der Waals surface area contributed by atoms with Gasteiger partial charge in [-0.1, -0.05) is 6.07 Å². The van der Waals surface area contributed by atoms with Crippen LogP contribution in [0.3, 0.4) is 0 Å². The van der Waals surface area contributed by atoms with Crippen LogP contribution in [0.25, 0.3) is 22.7 Å². The summed E-state index contributed by atoms with van der Waals surface area (Å²) < 4.78 is 26.4. The highest BCUT2D eigenvalue weighted by molar-refractivity contribution is 6.28. The molecule has 0 saturated carbocycles. The predicted octanol–water partition coefficient (Wildman–Crippen LogP) is 4.58. The Kier molecular flexibility index (Phi) is 5.41. The number of rotatable bonds is 4. The summed E-state index contributed by atoms with van der Waals surface area (Å²) in [5.74, 6) is -0.0497. The fourth-order valence-corrected chi connectivity index (χ4v) is 3.35. The smallest absolute Gasteiger partial charge is 0.409 e. The van der Waals surface area contributed by atoms with Crippen LogP contribution in [-0.2, 0) is 4.74 Å². The first-order valence-electron chi connectivity index (χ1n) is 8.89. The number of hydrogen-bond donors (Lipinski definition) is 2. The van der Waals surface area contributed by atoms with Crippen molar-refractivity contribution in [2.75, 3.05) is 18.5 Å². The Morgan fingerprint density at radius 2 is 2.03 bits per heavy atom. The van der Waals surface area contributed by atoms with Gasteiger partial charge in [-0.05, 0) is 42.6 Å². The number of carboxylic acid groups (broad SMARTS) is 1. The van der Waals surface area contributed by atoms with Gasteiger partial charge in [0.1, 0.15) is 11.4 Å². The van der Waals surface area contributed by atoms with Gasteiger partial charge in [-0.3, -0.25) is 5.32 Å². The van der Waals surface area contributed by atoms with Crippen LogP contribution in [0.5, 0.6) is 0 Å². The van der Waals surface area contributed by atoms with Crippen molar-refractivity contribution in [2.45, 2.75) is 18.8 Å². The van der Waals surface area contributed by atoms with Crippen LogP contribution in [0.2, 0.25) is 5.28 Å². The fraction of sp³-hybridized carbons (Fsp3) is 0.263. The Hall–Kier alpha value is -3.04. The summed E-state index contributed by atoms with van der Waals surface area (Å²) in [5.41, 5.74) is 0.468. The molecular formula is C19H16ClFN4O4. The quantitative estimate of drug-likeness (QED) is 0.597. The minimum Gasteiger partial charge on any atom is -0.465 e. The molecule has 0 unspecified atom stereocenters. The van der Waals surface area contributed by atoms with Crippen LogP contribution < -0.4 is 5.32 Å². The molecule has 1 fully saturated rings. The van der Waals surface area contributed by atoms with Gasteiger partial charge in [0.25, 0.3) is 0 Å². The van der Waals surface area contributed by atoms with E-state index in [0.29, 0.717) is 24.8 Å². The number of nitrogens with zero attached hydrogens (tertiary/aromatic N) is 3. The average molecular weight is 419 g/mol. The second kappa shape index (κ2) is 8.14. The van der Waals surface area contributed by atoms with Gasteiger partial charge in [0.05, 0.1) is 5.69 Å². The maximum absolute atomic E-state index is 15.1. The van der Waals surface area contributed by atoms with Crippen LogP contribution in [-0.4, -0.2) is 39.4 Å². The Balaban J connectivity index is 1.85. The normalized spacial score (nSPS) is 14.7. The van der Waals surface area contributed by atoms with Gasteiger partial charge in [-0.2, -0.15) is 0 Å². The molecule has 0 aliphatic carbocycles. The summed E-state index contributed by atoms with van der Waals surface area (Å²) >= 11 is 5.91. The minimum atomic E-state index is -1.37. The molecule has 0 spiro atoms. The zero-order chi connectivity index (χ0) is 20.4. The first-order chi connectivity index (χ1) is 14.0. The number of benzene rings is 1. The summed E-state index contributed by atoms with van der Waals surface area (Å²) in [6.07, 6.45) is 1.55. The molecule has 2 aromatic heterocycles. The molecule has 1 aromatic carbocycles. The molecule has 3 heterocycles. The predicted molar refractivity (Wildman–Crippen MR) is 102 cm³/mol. The van der Waals surface area contributed by atoms with Gasteiger partial charge < -0.3 is 14.3 Å². The third kappa shape index (κ3) is 4.06. The lowest BCUT2D eigenvalue weighted by atomic mass is 10.0. The van der Waals surface area contributed by atoms with E-state index in [1.54, 1.807) is 6.07 Å². The van der Waals surface area contributed by atoms with E-state index in [0.717, 1.165) is 12.8 Å². The van der Waals surface area contributed by atoms with Crippen LogP contribution in [0.4, 0.5) is 14.9 Å². The summed E-state index contributed by atoms with van der Waals surface area (Å²) in [6.45, 7) is 1.17. The molecule has 1 saturated heterocycles. The SMILES string of the molecule is O=C(O)Nc1cccc(-c2nc(C3CCOCC3)oc2-c2ccnc(Cl)n2)c1F. The lowest BCUT2D eigenvalue weighted by Crippen LogP contribution is -2.14. The third-order valence-electron chi connectivity index (χ3n) is 4.57. The van der Waals surface area contributed by atoms with E-state index in [-0.39, 0.29) is 33.9 Å². The highest BCUT2D eigenvalue weighted by Gasteiger charge is 2.27. The summed E-state index contributed by atoms with van der Waals surface area (Å²) in [7, 11) is 0. The maximum Gasteiger partial charge on any atom is 0.409 e. The Bertz CT molecular complexity index is 1050. The summed E-state index contributed by atoms with van der Waals surface area (Å²) in [4.78, 5) is 23.5. The number of carbonyl (C=O) groups is 1. The second-order valence-corrected chi connectivity index (χ2v) is 6.76. The van der Waals surface area contributed by atoms with Crippen LogP contribution in [0, 0.1) is 5.82 Å². The molecule has 0 atom stereocenters. The van der Waals surface area contributed by atoms with Crippen molar-refractivity contribution in [2.24, 2.45) is 0 Å². The lowest BCUT2D eigenvalue weighted by Gasteiger charge is -2.18. The van der Waals surface area contributed by atoms with Crippen molar-refractivity contribution < 1.29 is 23.4 Å². The number of amides is 1. The van der Waals surface area contributed by atoms with Crippen molar-refractivity contribution in [3.05, 3.63) is 47.5 Å². The van der Waals surface area contributed by atoms with E-state index in [1.807, 2.05) is 5.32 Å². The van der Waals surface area contributed by atoms with Gasteiger partial charge >= 0.3 is 6.09 Å². The molecule has 10 heteroatoms. The Morgan fingerprint density at radius 3 is 2.76 bits per heavy atom. The van der Waals surface area contributed by atoms with E-state index >= 15 is 4.39 Å². The molecule has 1 amide bonds. The molecule has 8 nitrogen and oxygen atoms in total. The number of oxazole rings is 1. The highest BCUT2D eigenvalue weighted by atomic mass is 35.5. The van der Waals surface area contributed by atoms with Gasteiger partial charge in [0.2, 0.25) is 5.28 Å². The zero-order valence-corrected chi connectivity index (χ0v) is 15.8. The van der Waals surface area contributed by atoms with E-state index in [4.69, 9.17) is 25.9 Å². The molecule has 29 heavy (non-hydrogen) atoms. The monoisotopic (exact) mass is 418 g/mol. The van der Waals surface area contributed by atoms with Gasteiger partial charge in [0.15, 0.2) is 17.5 Å². The topological polar surface area (TPSA) is 110 Å². The molecule has 0 bridgehead atoms. The van der Waals surface area contributed by atoms with Gasteiger partial charge in [-0.25, -0.2) is 24.1 Å². The highest BCUT2D eigenvalue weighted by Crippen LogP contribution is 2.38. The molecular weight excluding hydrogens is 403 g/mol. The van der Waals surface area contributed by atoms with E-state index in [1.165, 1.54) is 24.4 Å². The number of ether oxygens (including phenoxy) is 1. The molecule has 1 aliphatic rings. The molecule has 150 valence electrons. The Morgan fingerprint density at radius 1 is 1.24 bits per heavy atom. The van der Waals surface area contributed by atoms with E-state index < -0.39 is 11.9 Å².